The van der Waals surface area contributed by atoms with E-state index in [0.29, 0.717) is 18.0 Å². The van der Waals surface area contributed by atoms with E-state index >= 15 is 0 Å². The molecule has 0 radical (unpaired) electrons. The summed E-state index contributed by atoms with van der Waals surface area (Å²) in [5.74, 6) is 5.74. The number of nitrogen functional groups attached to an aromatic ring is 1. The topological polar surface area (TPSA) is 128 Å². The lowest BCUT2D eigenvalue weighted by atomic mass is 10.3. The summed E-state index contributed by atoms with van der Waals surface area (Å²) in [6.07, 6.45) is 1.17. The summed E-state index contributed by atoms with van der Waals surface area (Å²) in [6, 6.07) is 7.06. The van der Waals surface area contributed by atoms with E-state index in [1.54, 1.807) is 24.3 Å². The molecule has 0 saturated heterocycles. The van der Waals surface area contributed by atoms with Crippen LogP contribution in [0.4, 0.5) is 23.0 Å². The Kier molecular flexibility index (Phi) is 4.46. The molecule has 0 aliphatic rings. The predicted octanol–water partition coefficient (Wildman–Crippen LogP) is 1.81. The molecule has 21 heavy (non-hydrogen) atoms. The molecule has 0 unspecified atom stereocenters. The first-order valence-electron chi connectivity index (χ1n) is 6.12. The molecular formula is C12H14N6O3. The number of benzene rings is 1. The summed E-state index contributed by atoms with van der Waals surface area (Å²) >= 11 is 0. The number of hydrogen-bond acceptors (Lipinski definition) is 8. The molecule has 9 heteroatoms. The smallest absolute Gasteiger partial charge is 0.354 e. The molecule has 2 aromatic rings. The summed E-state index contributed by atoms with van der Waals surface area (Å²) in [5.41, 5.74) is 2.40. The number of hydrazine groups is 1. The molecule has 2 rings (SSSR count). The molecule has 0 saturated carbocycles. The van der Waals surface area contributed by atoms with E-state index < -0.39 is 4.92 Å². The van der Waals surface area contributed by atoms with Gasteiger partial charge in [-0.05, 0) is 19.1 Å². The van der Waals surface area contributed by atoms with Crippen molar-refractivity contribution >= 4 is 23.0 Å². The summed E-state index contributed by atoms with van der Waals surface area (Å²) in [7, 11) is 0. The number of nitro groups is 1. The van der Waals surface area contributed by atoms with Crippen molar-refractivity contribution in [2.24, 2.45) is 5.84 Å². The minimum absolute atomic E-state index is 0.0232. The number of rotatable bonds is 6. The van der Waals surface area contributed by atoms with Crippen LogP contribution in [0.5, 0.6) is 5.75 Å². The van der Waals surface area contributed by atoms with Crippen LogP contribution in [-0.2, 0) is 0 Å². The zero-order chi connectivity index (χ0) is 15.2. The molecule has 0 bridgehead atoms. The third-order valence-corrected chi connectivity index (χ3v) is 2.58. The van der Waals surface area contributed by atoms with Gasteiger partial charge in [0.05, 0.1) is 17.2 Å². The van der Waals surface area contributed by atoms with Gasteiger partial charge in [-0.25, -0.2) is 15.8 Å². The zero-order valence-corrected chi connectivity index (χ0v) is 11.2. The molecule has 1 heterocycles. The Morgan fingerprint density at radius 2 is 2.05 bits per heavy atom. The lowest BCUT2D eigenvalue weighted by molar-refractivity contribution is -0.383. The highest BCUT2D eigenvalue weighted by Gasteiger charge is 2.23. The van der Waals surface area contributed by atoms with Crippen LogP contribution in [0, 0.1) is 10.1 Å². The number of para-hydroxylation sites is 2. The molecule has 0 aliphatic carbocycles. The molecular weight excluding hydrogens is 276 g/mol. The lowest BCUT2D eigenvalue weighted by Crippen LogP contribution is -2.13. The fraction of sp³-hybridized carbons (Fsp3) is 0.167. The molecule has 1 aromatic heterocycles. The van der Waals surface area contributed by atoms with Crippen molar-refractivity contribution < 1.29 is 9.66 Å². The van der Waals surface area contributed by atoms with Crippen LogP contribution in [-0.4, -0.2) is 21.5 Å². The van der Waals surface area contributed by atoms with Crippen molar-refractivity contribution in [1.29, 1.82) is 0 Å². The van der Waals surface area contributed by atoms with E-state index in [0.717, 1.165) is 0 Å². The van der Waals surface area contributed by atoms with Crippen LogP contribution in [0.2, 0.25) is 0 Å². The van der Waals surface area contributed by atoms with Gasteiger partial charge in [-0.15, -0.1) is 0 Å². The maximum atomic E-state index is 11.2. The first-order chi connectivity index (χ1) is 10.2. The first-order valence-corrected chi connectivity index (χ1v) is 6.12. The molecule has 0 fully saturated rings. The van der Waals surface area contributed by atoms with Crippen molar-refractivity contribution in [1.82, 2.24) is 9.97 Å². The van der Waals surface area contributed by atoms with Gasteiger partial charge in [-0.2, -0.15) is 0 Å². The second kappa shape index (κ2) is 6.48. The van der Waals surface area contributed by atoms with E-state index in [-0.39, 0.29) is 17.3 Å². The van der Waals surface area contributed by atoms with Gasteiger partial charge in [0.2, 0.25) is 11.6 Å². The third kappa shape index (κ3) is 3.15. The van der Waals surface area contributed by atoms with Gasteiger partial charge in [0.15, 0.2) is 0 Å². The number of nitrogens with zero attached hydrogens (tertiary/aromatic N) is 3. The summed E-state index contributed by atoms with van der Waals surface area (Å²) in [5, 5.41) is 14.0. The Morgan fingerprint density at radius 3 is 2.71 bits per heavy atom. The number of aromatic nitrogens is 2. The second-order valence-electron chi connectivity index (χ2n) is 3.88. The second-order valence-corrected chi connectivity index (χ2v) is 3.88. The van der Waals surface area contributed by atoms with Gasteiger partial charge < -0.3 is 15.5 Å². The minimum atomic E-state index is -0.610. The van der Waals surface area contributed by atoms with Gasteiger partial charge in [0, 0.05) is 0 Å². The largest absolute Gasteiger partial charge is 0.492 e. The maximum Gasteiger partial charge on any atom is 0.354 e. The molecule has 0 atom stereocenters. The number of nitrogens with one attached hydrogen (secondary N) is 2. The number of nitrogens with two attached hydrogens (primary N) is 1. The van der Waals surface area contributed by atoms with E-state index in [1.807, 2.05) is 6.92 Å². The Bertz CT molecular complexity index is 649. The normalized spacial score (nSPS) is 10.0. The average Bonchev–Trinajstić information content (AvgIpc) is 2.49. The van der Waals surface area contributed by atoms with Crippen LogP contribution in [0.15, 0.2) is 30.6 Å². The Balaban J connectivity index is 2.42. The van der Waals surface area contributed by atoms with Gasteiger partial charge in [0.25, 0.3) is 0 Å². The Hall–Kier alpha value is -2.94. The highest BCUT2D eigenvalue weighted by atomic mass is 16.6. The quantitative estimate of drug-likeness (QED) is 0.417. The highest BCUT2D eigenvalue weighted by Crippen LogP contribution is 2.33. The molecule has 4 N–H and O–H groups in total. The van der Waals surface area contributed by atoms with Crippen LogP contribution in [0.25, 0.3) is 0 Å². The summed E-state index contributed by atoms with van der Waals surface area (Å²) in [6.45, 7) is 2.32. The Morgan fingerprint density at radius 1 is 1.33 bits per heavy atom. The van der Waals surface area contributed by atoms with E-state index in [1.165, 1.54) is 6.33 Å². The minimum Gasteiger partial charge on any atom is -0.492 e. The molecule has 110 valence electrons. The van der Waals surface area contributed by atoms with Crippen molar-refractivity contribution in [3.63, 3.8) is 0 Å². The molecule has 0 aliphatic heterocycles. The van der Waals surface area contributed by atoms with Crippen LogP contribution < -0.4 is 21.3 Å². The highest BCUT2D eigenvalue weighted by molar-refractivity contribution is 5.75. The van der Waals surface area contributed by atoms with Crippen molar-refractivity contribution in [2.75, 3.05) is 17.3 Å². The van der Waals surface area contributed by atoms with Crippen LogP contribution >= 0.6 is 0 Å². The van der Waals surface area contributed by atoms with Crippen molar-refractivity contribution in [2.45, 2.75) is 6.92 Å². The number of anilines is 3. The standard InChI is InChI=1S/C12H14N6O3/c1-2-21-9-6-4-3-5-8(9)16-11-10(18(19)20)12(17-13)15-7-14-11/h3-7H,2,13H2,1H3,(H2,14,15,16,17). The molecule has 0 spiro atoms. The lowest BCUT2D eigenvalue weighted by Gasteiger charge is -2.12. The number of hydrogen-bond donors (Lipinski definition) is 3. The SMILES string of the molecule is CCOc1ccccc1Nc1ncnc(NN)c1[N+](=O)[O-]. The van der Waals surface area contributed by atoms with Gasteiger partial charge in [0.1, 0.15) is 12.1 Å². The predicted molar refractivity (Wildman–Crippen MR) is 77.4 cm³/mol. The average molecular weight is 290 g/mol. The van der Waals surface area contributed by atoms with Crippen molar-refractivity contribution in [3.8, 4) is 5.75 Å². The van der Waals surface area contributed by atoms with E-state index in [9.17, 15) is 10.1 Å². The fourth-order valence-electron chi connectivity index (χ4n) is 1.73. The maximum absolute atomic E-state index is 11.2. The van der Waals surface area contributed by atoms with Gasteiger partial charge in [-0.1, -0.05) is 12.1 Å². The molecule has 9 nitrogen and oxygen atoms in total. The summed E-state index contributed by atoms with van der Waals surface area (Å²) < 4.78 is 5.45. The molecule has 1 aromatic carbocycles. The summed E-state index contributed by atoms with van der Waals surface area (Å²) in [4.78, 5) is 18.2. The monoisotopic (exact) mass is 290 g/mol. The van der Waals surface area contributed by atoms with Gasteiger partial charge in [-0.3, -0.25) is 10.1 Å². The van der Waals surface area contributed by atoms with Crippen molar-refractivity contribution in [3.05, 3.63) is 40.7 Å². The van der Waals surface area contributed by atoms with E-state index in [2.05, 4.69) is 20.7 Å². The third-order valence-electron chi connectivity index (χ3n) is 2.58. The van der Waals surface area contributed by atoms with Crippen LogP contribution in [0.1, 0.15) is 6.92 Å². The van der Waals surface area contributed by atoms with E-state index in [4.69, 9.17) is 10.6 Å². The van der Waals surface area contributed by atoms with Crippen LogP contribution in [0.3, 0.4) is 0 Å². The van der Waals surface area contributed by atoms with Gasteiger partial charge >= 0.3 is 5.69 Å². The Labute approximate surface area is 120 Å². The number of ether oxygens (including phenoxy) is 1. The molecule has 0 amide bonds. The fourth-order valence-corrected chi connectivity index (χ4v) is 1.73. The zero-order valence-electron chi connectivity index (χ0n) is 11.2. The first kappa shape index (κ1) is 14.5.